The first kappa shape index (κ1) is 25.3. The number of nitrogens with two attached hydrogens (primary N) is 1. The van der Waals surface area contributed by atoms with Gasteiger partial charge in [0.2, 0.25) is 5.91 Å². The molecule has 4 aromatic rings. The molecule has 0 spiro atoms. The molecule has 37 heavy (non-hydrogen) atoms. The van der Waals surface area contributed by atoms with Crippen molar-refractivity contribution in [2.45, 2.75) is 16.8 Å². The van der Waals surface area contributed by atoms with E-state index in [2.05, 4.69) is 20.2 Å². The van der Waals surface area contributed by atoms with Crippen LogP contribution in [0, 0.1) is 29.6 Å². The third-order valence-corrected chi connectivity index (χ3v) is 7.18. The maximum Gasteiger partial charge on any atom is 0.263 e. The Bertz CT molecular complexity index is 1650. The SMILES string of the molecule is Cc1cc(NS(=O)(=O)c2ccc(NC(=O)CSc3nc(N)c(C#N)c(-c4ccco4)c3C#N)cc2)no1. The molecule has 1 amide bonds. The number of amides is 1. The number of thioether (sulfide) groups is 1. The summed E-state index contributed by atoms with van der Waals surface area (Å²) in [5.41, 5.74) is 6.55. The fraction of sp³-hybridized carbons (Fsp3) is 0.0870. The molecule has 3 heterocycles. The molecule has 4 N–H and O–H groups in total. The van der Waals surface area contributed by atoms with Crippen LogP contribution in [0.1, 0.15) is 16.9 Å². The molecule has 0 aliphatic carbocycles. The number of carbonyl (C=O) groups is 1. The minimum atomic E-state index is -3.90. The number of aromatic nitrogens is 2. The minimum absolute atomic E-state index is 0.00326. The van der Waals surface area contributed by atoms with Crippen molar-refractivity contribution in [2.75, 3.05) is 21.5 Å². The maximum atomic E-state index is 12.5. The maximum absolute atomic E-state index is 12.5. The molecular formula is C23H17N7O5S2. The molecule has 3 aromatic heterocycles. The van der Waals surface area contributed by atoms with Crippen molar-refractivity contribution in [3.05, 3.63) is 65.6 Å². The molecule has 0 unspecified atom stereocenters. The highest BCUT2D eigenvalue weighted by Crippen LogP contribution is 2.35. The molecular weight excluding hydrogens is 518 g/mol. The summed E-state index contributed by atoms with van der Waals surface area (Å²) in [5.74, 6) is 0.101. The highest BCUT2D eigenvalue weighted by atomic mass is 32.2. The Labute approximate surface area is 215 Å². The molecule has 0 saturated carbocycles. The molecule has 0 radical (unpaired) electrons. The van der Waals surface area contributed by atoms with Crippen molar-refractivity contribution in [3.63, 3.8) is 0 Å². The predicted octanol–water partition coefficient (Wildman–Crippen LogP) is 3.50. The molecule has 1 aromatic carbocycles. The van der Waals surface area contributed by atoms with E-state index < -0.39 is 15.9 Å². The molecule has 12 nitrogen and oxygen atoms in total. The van der Waals surface area contributed by atoms with Gasteiger partial charge < -0.3 is 20.0 Å². The molecule has 4 rings (SSSR count). The summed E-state index contributed by atoms with van der Waals surface area (Å²) in [5, 5.41) is 25.6. The zero-order chi connectivity index (χ0) is 26.6. The fourth-order valence-corrected chi connectivity index (χ4v) is 5.01. The standard InChI is InChI=1S/C23H17N7O5S2/c1-13-9-19(29-35-13)30-37(32,33)15-6-4-14(5-7-15)27-20(31)12-36-23-17(11-25)21(18-3-2-8-34-18)16(10-24)22(26)28-23/h2-9H,12H2,1H3,(H2,26,28)(H,27,31)(H,29,30). The van der Waals surface area contributed by atoms with E-state index in [1.165, 1.54) is 36.6 Å². The molecule has 14 heteroatoms. The van der Waals surface area contributed by atoms with Crippen molar-refractivity contribution in [3.8, 4) is 23.5 Å². The largest absolute Gasteiger partial charge is 0.464 e. The van der Waals surface area contributed by atoms with Gasteiger partial charge in [-0.15, -0.1) is 0 Å². The molecule has 0 aliphatic rings. The van der Waals surface area contributed by atoms with E-state index in [-0.39, 0.29) is 49.8 Å². The van der Waals surface area contributed by atoms with Gasteiger partial charge in [-0.2, -0.15) is 10.5 Å². The van der Waals surface area contributed by atoms with Crippen molar-refractivity contribution in [1.82, 2.24) is 10.1 Å². The predicted molar refractivity (Wildman–Crippen MR) is 134 cm³/mol. The van der Waals surface area contributed by atoms with Crippen LogP contribution in [0.2, 0.25) is 0 Å². The van der Waals surface area contributed by atoms with Gasteiger partial charge in [-0.25, -0.2) is 13.4 Å². The highest BCUT2D eigenvalue weighted by Gasteiger charge is 2.23. The number of nitrogens with zero attached hydrogens (tertiary/aromatic N) is 4. The number of benzene rings is 1. The van der Waals surface area contributed by atoms with Gasteiger partial charge in [0.05, 0.1) is 28.0 Å². The number of furan rings is 1. The monoisotopic (exact) mass is 535 g/mol. The number of pyridine rings is 1. The number of nitriles is 2. The van der Waals surface area contributed by atoms with Crippen LogP contribution in [0.15, 0.2) is 67.6 Å². The van der Waals surface area contributed by atoms with E-state index in [1.54, 1.807) is 19.1 Å². The number of anilines is 3. The number of rotatable bonds is 8. The second-order valence-electron chi connectivity index (χ2n) is 7.42. The Kier molecular flexibility index (Phi) is 7.15. The van der Waals surface area contributed by atoms with Crippen LogP contribution in [0.4, 0.5) is 17.3 Å². The van der Waals surface area contributed by atoms with Gasteiger partial charge in [0.1, 0.15) is 40.1 Å². The number of hydrogen-bond donors (Lipinski definition) is 3. The zero-order valence-electron chi connectivity index (χ0n) is 19.0. The number of hydrogen-bond acceptors (Lipinski definition) is 11. The molecule has 0 atom stereocenters. The molecule has 0 aliphatic heterocycles. The van der Waals surface area contributed by atoms with Crippen molar-refractivity contribution in [2.24, 2.45) is 0 Å². The van der Waals surface area contributed by atoms with Crippen molar-refractivity contribution >= 4 is 45.0 Å². The quantitative estimate of drug-likeness (QED) is 0.279. The lowest BCUT2D eigenvalue weighted by atomic mass is 10.0. The topological polar surface area (TPSA) is 201 Å². The Hall–Kier alpha value is -4.79. The number of nitrogens with one attached hydrogen (secondary N) is 2. The van der Waals surface area contributed by atoms with Crippen LogP contribution in [0.3, 0.4) is 0 Å². The van der Waals surface area contributed by atoms with Gasteiger partial charge in [-0.3, -0.25) is 9.52 Å². The summed E-state index contributed by atoms with van der Waals surface area (Å²) in [7, 11) is -3.90. The lowest BCUT2D eigenvalue weighted by molar-refractivity contribution is -0.113. The zero-order valence-corrected chi connectivity index (χ0v) is 20.7. The Morgan fingerprint density at radius 2 is 1.89 bits per heavy atom. The molecule has 0 saturated heterocycles. The first-order valence-electron chi connectivity index (χ1n) is 10.4. The lowest BCUT2D eigenvalue weighted by Crippen LogP contribution is -2.15. The summed E-state index contributed by atoms with van der Waals surface area (Å²) >= 11 is 0.956. The van der Waals surface area contributed by atoms with E-state index in [1.807, 2.05) is 12.1 Å². The van der Waals surface area contributed by atoms with Crippen LogP contribution in [-0.2, 0) is 14.8 Å². The number of aryl methyl sites for hydroxylation is 1. The number of sulfonamides is 1. The van der Waals surface area contributed by atoms with Gasteiger partial charge in [-0.05, 0) is 43.3 Å². The summed E-state index contributed by atoms with van der Waals surface area (Å²) in [4.78, 5) is 16.6. The minimum Gasteiger partial charge on any atom is -0.464 e. The van der Waals surface area contributed by atoms with Crippen LogP contribution in [0.5, 0.6) is 0 Å². The average Bonchev–Trinajstić information content (AvgIpc) is 3.54. The van der Waals surface area contributed by atoms with E-state index in [9.17, 15) is 23.7 Å². The first-order valence-corrected chi connectivity index (χ1v) is 12.8. The van der Waals surface area contributed by atoms with Gasteiger partial charge in [0, 0.05) is 11.8 Å². The summed E-state index contributed by atoms with van der Waals surface area (Å²) in [6, 6.07) is 14.1. The first-order chi connectivity index (χ1) is 17.7. The van der Waals surface area contributed by atoms with Crippen molar-refractivity contribution < 1.29 is 22.2 Å². The van der Waals surface area contributed by atoms with E-state index in [4.69, 9.17) is 14.7 Å². The Morgan fingerprint density at radius 3 is 2.49 bits per heavy atom. The van der Waals surface area contributed by atoms with Crippen LogP contribution < -0.4 is 15.8 Å². The average molecular weight is 536 g/mol. The van der Waals surface area contributed by atoms with Crippen LogP contribution in [-0.4, -0.2) is 30.2 Å². The van der Waals surface area contributed by atoms with Crippen LogP contribution >= 0.6 is 11.8 Å². The Morgan fingerprint density at radius 1 is 1.16 bits per heavy atom. The summed E-state index contributed by atoms with van der Waals surface area (Å²) in [6.07, 6.45) is 1.40. The third-order valence-electron chi connectivity index (χ3n) is 4.84. The van der Waals surface area contributed by atoms with E-state index >= 15 is 0 Å². The second-order valence-corrected chi connectivity index (χ2v) is 10.1. The van der Waals surface area contributed by atoms with Gasteiger partial charge in [0.15, 0.2) is 5.82 Å². The molecule has 0 fully saturated rings. The molecule has 0 bridgehead atoms. The van der Waals surface area contributed by atoms with Gasteiger partial charge in [-0.1, -0.05) is 16.9 Å². The number of nitrogen functional groups attached to an aromatic ring is 1. The summed E-state index contributed by atoms with van der Waals surface area (Å²) in [6.45, 7) is 1.63. The van der Waals surface area contributed by atoms with Gasteiger partial charge >= 0.3 is 0 Å². The normalized spacial score (nSPS) is 10.9. The van der Waals surface area contributed by atoms with E-state index in [0.29, 0.717) is 11.4 Å². The summed E-state index contributed by atoms with van der Waals surface area (Å²) < 4.78 is 37.5. The van der Waals surface area contributed by atoms with Gasteiger partial charge in [0.25, 0.3) is 10.0 Å². The highest BCUT2D eigenvalue weighted by molar-refractivity contribution is 8.00. The second kappa shape index (κ2) is 10.4. The number of carbonyl (C=O) groups excluding carboxylic acids is 1. The molecule has 186 valence electrons. The lowest BCUT2D eigenvalue weighted by Gasteiger charge is -2.11. The third kappa shape index (κ3) is 5.56. The van der Waals surface area contributed by atoms with E-state index in [0.717, 1.165) is 11.8 Å². The Balaban J connectivity index is 1.46. The smallest absolute Gasteiger partial charge is 0.263 e. The van der Waals surface area contributed by atoms with Crippen molar-refractivity contribution in [1.29, 1.82) is 10.5 Å². The fourth-order valence-electron chi connectivity index (χ4n) is 3.23. The van der Waals surface area contributed by atoms with Crippen LogP contribution in [0.25, 0.3) is 11.3 Å².